The average Bonchev–Trinajstić information content (AvgIpc) is 2.35. The third-order valence-electron chi connectivity index (χ3n) is 4.09. The standard InChI is InChI=1S/C13H28N2O/c1-5-11-6-7-12(14-2)13(10-11)15(3)8-9-16-4/h11-14H,5-10H2,1-4H3. The van der Waals surface area contributed by atoms with Crippen LogP contribution in [0.15, 0.2) is 0 Å². The maximum absolute atomic E-state index is 5.16. The molecule has 0 spiro atoms. The van der Waals surface area contributed by atoms with Crippen molar-refractivity contribution in [1.82, 2.24) is 10.2 Å². The van der Waals surface area contributed by atoms with E-state index < -0.39 is 0 Å². The van der Waals surface area contributed by atoms with E-state index in [4.69, 9.17) is 4.74 Å². The smallest absolute Gasteiger partial charge is 0.0589 e. The Balaban J connectivity index is 2.49. The monoisotopic (exact) mass is 228 g/mol. The molecule has 1 N–H and O–H groups in total. The van der Waals surface area contributed by atoms with Gasteiger partial charge in [-0.3, -0.25) is 4.90 Å². The molecular weight excluding hydrogens is 200 g/mol. The van der Waals surface area contributed by atoms with Crippen LogP contribution in [0.3, 0.4) is 0 Å². The van der Waals surface area contributed by atoms with Crippen molar-refractivity contribution in [2.45, 2.75) is 44.7 Å². The van der Waals surface area contributed by atoms with Crippen molar-refractivity contribution in [3.63, 3.8) is 0 Å². The average molecular weight is 228 g/mol. The molecule has 16 heavy (non-hydrogen) atoms. The molecule has 1 aliphatic carbocycles. The molecule has 3 atom stereocenters. The molecule has 0 heterocycles. The van der Waals surface area contributed by atoms with E-state index in [-0.39, 0.29) is 0 Å². The summed E-state index contributed by atoms with van der Waals surface area (Å²) < 4.78 is 5.16. The second kappa shape index (κ2) is 7.25. The molecule has 3 nitrogen and oxygen atoms in total. The van der Waals surface area contributed by atoms with E-state index in [0.29, 0.717) is 12.1 Å². The highest BCUT2D eigenvalue weighted by Crippen LogP contribution is 2.29. The topological polar surface area (TPSA) is 24.5 Å². The van der Waals surface area contributed by atoms with Gasteiger partial charge in [0.15, 0.2) is 0 Å². The first-order valence-electron chi connectivity index (χ1n) is 6.59. The first-order chi connectivity index (χ1) is 7.72. The van der Waals surface area contributed by atoms with Crippen LogP contribution in [-0.2, 0) is 4.74 Å². The molecule has 1 saturated carbocycles. The van der Waals surface area contributed by atoms with Crippen molar-refractivity contribution in [2.24, 2.45) is 5.92 Å². The van der Waals surface area contributed by atoms with Gasteiger partial charge in [-0.05, 0) is 39.3 Å². The molecule has 0 bridgehead atoms. The molecule has 1 fully saturated rings. The van der Waals surface area contributed by atoms with Crippen LogP contribution in [0, 0.1) is 5.92 Å². The molecule has 96 valence electrons. The number of nitrogens with zero attached hydrogens (tertiary/aromatic N) is 1. The lowest BCUT2D eigenvalue weighted by Gasteiger charge is -2.41. The lowest BCUT2D eigenvalue weighted by atomic mass is 9.80. The fraction of sp³-hybridized carbons (Fsp3) is 1.00. The molecule has 0 aliphatic heterocycles. The number of ether oxygens (including phenoxy) is 1. The van der Waals surface area contributed by atoms with Crippen molar-refractivity contribution in [2.75, 3.05) is 34.4 Å². The number of hydrogen-bond donors (Lipinski definition) is 1. The van der Waals surface area contributed by atoms with Crippen molar-refractivity contribution in [3.05, 3.63) is 0 Å². The van der Waals surface area contributed by atoms with Gasteiger partial charge in [0.1, 0.15) is 0 Å². The number of likely N-dealkylation sites (N-methyl/N-ethyl adjacent to an activating group) is 2. The van der Waals surface area contributed by atoms with Gasteiger partial charge in [0, 0.05) is 25.7 Å². The van der Waals surface area contributed by atoms with E-state index in [1.54, 1.807) is 7.11 Å². The Kier molecular flexibility index (Phi) is 6.32. The second-order valence-corrected chi connectivity index (χ2v) is 5.02. The third-order valence-corrected chi connectivity index (χ3v) is 4.09. The summed E-state index contributed by atoms with van der Waals surface area (Å²) in [5.41, 5.74) is 0. The molecule has 1 aliphatic rings. The first kappa shape index (κ1) is 13.9. The molecule has 1 rings (SSSR count). The number of nitrogens with one attached hydrogen (secondary N) is 1. The van der Waals surface area contributed by atoms with Crippen LogP contribution in [0.25, 0.3) is 0 Å². The zero-order valence-corrected chi connectivity index (χ0v) is 11.3. The summed E-state index contributed by atoms with van der Waals surface area (Å²) in [5.74, 6) is 0.916. The fourth-order valence-electron chi connectivity index (χ4n) is 2.83. The maximum atomic E-state index is 5.16. The van der Waals surface area contributed by atoms with Crippen LogP contribution in [0.2, 0.25) is 0 Å². The molecule has 0 amide bonds. The van der Waals surface area contributed by atoms with E-state index in [9.17, 15) is 0 Å². The molecule has 0 aromatic heterocycles. The van der Waals surface area contributed by atoms with Crippen molar-refractivity contribution in [3.8, 4) is 0 Å². The molecular formula is C13H28N2O. The van der Waals surface area contributed by atoms with E-state index in [1.807, 2.05) is 0 Å². The van der Waals surface area contributed by atoms with Gasteiger partial charge in [0.25, 0.3) is 0 Å². The van der Waals surface area contributed by atoms with Crippen molar-refractivity contribution in [1.29, 1.82) is 0 Å². The third kappa shape index (κ3) is 3.72. The largest absolute Gasteiger partial charge is 0.383 e. The van der Waals surface area contributed by atoms with E-state index in [2.05, 4.69) is 31.2 Å². The summed E-state index contributed by atoms with van der Waals surface area (Å²) in [6.45, 7) is 4.19. The minimum absolute atomic E-state index is 0.657. The summed E-state index contributed by atoms with van der Waals surface area (Å²) in [7, 11) is 6.10. The molecule has 0 aromatic rings. The zero-order valence-electron chi connectivity index (χ0n) is 11.3. The van der Waals surface area contributed by atoms with Gasteiger partial charge in [-0.2, -0.15) is 0 Å². The minimum atomic E-state index is 0.657. The summed E-state index contributed by atoms with van der Waals surface area (Å²) in [6.07, 6.45) is 5.36. The van der Waals surface area contributed by atoms with Crippen LogP contribution in [0.4, 0.5) is 0 Å². The van der Waals surface area contributed by atoms with Crippen LogP contribution in [0.5, 0.6) is 0 Å². The summed E-state index contributed by atoms with van der Waals surface area (Å²) in [5, 5.41) is 3.47. The molecule has 3 heteroatoms. The van der Waals surface area contributed by atoms with Gasteiger partial charge in [-0.15, -0.1) is 0 Å². The second-order valence-electron chi connectivity index (χ2n) is 5.02. The number of methoxy groups -OCH3 is 1. The van der Waals surface area contributed by atoms with Gasteiger partial charge >= 0.3 is 0 Å². The Hall–Kier alpha value is -0.120. The van der Waals surface area contributed by atoms with Gasteiger partial charge in [-0.1, -0.05) is 13.3 Å². The Morgan fingerprint density at radius 2 is 2.12 bits per heavy atom. The van der Waals surface area contributed by atoms with Gasteiger partial charge < -0.3 is 10.1 Å². The lowest BCUT2D eigenvalue weighted by molar-refractivity contribution is 0.0887. The van der Waals surface area contributed by atoms with Gasteiger partial charge in [-0.25, -0.2) is 0 Å². The highest BCUT2D eigenvalue weighted by molar-refractivity contribution is 4.89. The van der Waals surface area contributed by atoms with Crippen LogP contribution in [0.1, 0.15) is 32.6 Å². The highest BCUT2D eigenvalue weighted by Gasteiger charge is 2.31. The normalized spacial score (nSPS) is 30.9. The predicted octanol–water partition coefficient (Wildman–Crippen LogP) is 1.73. The summed E-state index contributed by atoms with van der Waals surface area (Å²) in [4.78, 5) is 2.46. The van der Waals surface area contributed by atoms with Crippen LogP contribution in [-0.4, -0.2) is 51.3 Å². The van der Waals surface area contributed by atoms with Crippen molar-refractivity contribution >= 4 is 0 Å². The SMILES string of the molecule is CCC1CCC(NC)C(N(C)CCOC)C1. The zero-order chi connectivity index (χ0) is 12.0. The van der Waals surface area contributed by atoms with Crippen LogP contribution < -0.4 is 5.32 Å². The summed E-state index contributed by atoms with van der Waals surface area (Å²) >= 11 is 0. The maximum Gasteiger partial charge on any atom is 0.0589 e. The van der Waals surface area contributed by atoms with Gasteiger partial charge in [0.2, 0.25) is 0 Å². The van der Waals surface area contributed by atoms with E-state index >= 15 is 0 Å². The molecule has 0 aromatic carbocycles. The van der Waals surface area contributed by atoms with E-state index in [0.717, 1.165) is 19.1 Å². The molecule has 0 radical (unpaired) electrons. The Labute approximate surface area is 101 Å². The van der Waals surface area contributed by atoms with Crippen LogP contribution >= 0.6 is 0 Å². The van der Waals surface area contributed by atoms with Crippen molar-refractivity contribution < 1.29 is 4.74 Å². The quantitative estimate of drug-likeness (QED) is 0.749. The Morgan fingerprint density at radius 1 is 1.38 bits per heavy atom. The van der Waals surface area contributed by atoms with Gasteiger partial charge in [0.05, 0.1) is 6.61 Å². The number of rotatable bonds is 6. The number of hydrogen-bond acceptors (Lipinski definition) is 3. The highest BCUT2D eigenvalue weighted by atomic mass is 16.5. The first-order valence-corrected chi connectivity index (χ1v) is 6.59. The predicted molar refractivity (Wildman–Crippen MR) is 68.8 cm³/mol. The Morgan fingerprint density at radius 3 is 2.69 bits per heavy atom. The Bertz CT molecular complexity index is 187. The molecule has 0 saturated heterocycles. The van der Waals surface area contributed by atoms with E-state index in [1.165, 1.54) is 25.7 Å². The molecule has 3 unspecified atom stereocenters. The fourth-order valence-corrected chi connectivity index (χ4v) is 2.83. The minimum Gasteiger partial charge on any atom is -0.383 e. The lowest BCUT2D eigenvalue weighted by Crippen LogP contribution is -2.51. The summed E-state index contributed by atoms with van der Waals surface area (Å²) in [6, 6.07) is 1.34.